The van der Waals surface area contributed by atoms with Crippen LogP contribution in [-0.4, -0.2) is 27.1 Å². The number of fused-ring (bicyclic) bond motifs is 4. The third-order valence-electron chi connectivity index (χ3n) is 6.30. The van der Waals surface area contributed by atoms with Crippen LogP contribution in [0.15, 0.2) is 54.1 Å². The van der Waals surface area contributed by atoms with E-state index in [0.29, 0.717) is 23.7 Å². The van der Waals surface area contributed by atoms with Crippen molar-refractivity contribution < 1.29 is 19.0 Å². The van der Waals surface area contributed by atoms with Crippen LogP contribution in [-0.2, 0) is 4.79 Å². The lowest BCUT2D eigenvalue weighted by atomic mass is 9.76. The number of benzene rings is 3. The van der Waals surface area contributed by atoms with E-state index in [2.05, 4.69) is 35.6 Å². The molecule has 0 unspecified atom stereocenters. The number of hydrogen-bond acceptors (Lipinski definition) is 5. The number of anilines is 1. The molecule has 5 rings (SSSR count). The lowest BCUT2D eigenvalue weighted by Gasteiger charge is -2.35. The van der Waals surface area contributed by atoms with Crippen molar-refractivity contribution >= 4 is 27.8 Å². The fourth-order valence-corrected chi connectivity index (χ4v) is 4.92. The Kier molecular flexibility index (Phi) is 4.81. The van der Waals surface area contributed by atoms with Crippen molar-refractivity contribution in [2.24, 2.45) is 0 Å². The van der Waals surface area contributed by atoms with E-state index in [0.717, 1.165) is 40.8 Å². The van der Waals surface area contributed by atoms with E-state index in [1.807, 2.05) is 18.2 Å². The van der Waals surface area contributed by atoms with Crippen LogP contribution in [0.5, 0.6) is 17.2 Å². The third-order valence-corrected chi connectivity index (χ3v) is 6.30. The summed E-state index contributed by atoms with van der Waals surface area (Å²) in [5.41, 5.74) is 5.12. The first-order chi connectivity index (χ1) is 15.2. The topological polar surface area (TPSA) is 56.8 Å². The standard InChI is InChI=1S/C26H25NO4/c1-29-21-13-16(14-22(30-2)26(21)31-3)25-24-18(9-6-10-20(24)28)23-17-8-5-4-7-15(17)11-12-19(23)27-25/h4-5,7-8,11-14,25,27H,6,9-10H2,1-3H3/t25-/m0/s1. The zero-order chi connectivity index (χ0) is 21.5. The lowest BCUT2D eigenvalue weighted by molar-refractivity contribution is -0.116. The highest BCUT2D eigenvalue weighted by atomic mass is 16.5. The van der Waals surface area contributed by atoms with Crippen LogP contribution in [0.25, 0.3) is 16.3 Å². The molecule has 1 atom stereocenters. The van der Waals surface area contributed by atoms with Crippen LogP contribution in [0.2, 0.25) is 0 Å². The monoisotopic (exact) mass is 415 g/mol. The molecule has 0 radical (unpaired) electrons. The molecule has 0 amide bonds. The zero-order valence-electron chi connectivity index (χ0n) is 18.0. The number of carbonyl (C=O) groups excluding carboxylic acids is 1. The Bertz CT molecular complexity index is 1200. The van der Waals surface area contributed by atoms with Crippen molar-refractivity contribution in [1.29, 1.82) is 0 Å². The highest BCUT2D eigenvalue weighted by Gasteiger charge is 2.35. The molecule has 5 nitrogen and oxygen atoms in total. The van der Waals surface area contributed by atoms with E-state index in [-0.39, 0.29) is 11.8 Å². The van der Waals surface area contributed by atoms with Gasteiger partial charge in [0.1, 0.15) is 0 Å². The van der Waals surface area contributed by atoms with Crippen molar-refractivity contribution in [2.75, 3.05) is 26.6 Å². The van der Waals surface area contributed by atoms with E-state index in [1.54, 1.807) is 21.3 Å². The van der Waals surface area contributed by atoms with Crippen LogP contribution in [0.4, 0.5) is 5.69 Å². The number of ether oxygens (including phenoxy) is 3. The first-order valence-corrected chi connectivity index (χ1v) is 10.5. The quantitative estimate of drug-likeness (QED) is 0.606. The molecule has 1 aliphatic heterocycles. The van der Waals surface area contributed by atoms with Gasteiger partial charge < -0.3 is 19.5 Å². The van der Waals surface area contributed by atoms with Crippen LogP contribution < -0.4 is 19.5 Å². The summed E-state index contributed by atoms with van der Waals surface area (Å²) >= 11 is 0. The Labute approximate surface area is 181 Å². The average Bonchev–Trinajstić information content (AvgIpc) is 2.82. The number of methoxy groups -OCH3 is 3. The molecule has 3 aromatic carbocycles. The minimum atomic E-state index is -0.273. The van der Waals surface area contributed by atoms with E-state index in [9.17, 15) is 4.79 Å². The van der Waals surface area contributed by atoms with Gasteiger partial charge >= 0.3 is 0 Å². The minimum absolute atomic E-state index is 0.200. The second-order valence-corrected chi connectivity index (χ2v) is 7.91. The second-order valence-electron chi connectivity index (χ2n) is 7.91. The smallest absolute Gasteiger partial charge is 0.203 e. The Morgan fingerprint density at radius 2 is 1.65 bits per heavy atom. The highest BCUT2D eigenvalue weighted by Crippen LogP contribution is 2.49. The van der Waals surface area contributed by atoms with Crippen molar-refractivity contribution in [3.05, 3.63) is 65.2 Å². The molecule has 0 aromatic heterocycles. The molecule has 1 heterocycles. The summed E-state index contributed by atoms with van der Waals surface area (Å²) in [6, 6.07) is 16.2. The molecule has 0 saturated heterocycles. The summed E-state index contributed by atoms with van der Waals surface area (Å²) < 4.78 is 16.6. The Morgan fingerprint density at radius 3 is 2.35 bits per heavy atom. The number of hydrogen-bond donors (Lipinski definition) is 1. The highest BCUT2D eigenvalue weighted by molar-refractivity contribution is 6.12. The second kappa shape index (κ2) is 7.65. The van der Waals surface area contributed by atoms with Gasteiger partial charge in [-0.1, -0.05) is 30.3 Å². The molecule has 3 aromatic rings. The third kappa shape index (κ3) is 3.03. The van der Waals surface area contributed by atoms with Crippen LogP contribution in [0, 0.1) is 0 Å². The van der Waals surface area contributed by atoms with Gasteiger partial charge in [-0.3, -0.25) is 4.79 Å². The zero-order valence-corrected chi connectivity index (χ0v) is 18.0. The number of rotatable bonds is 4. The molecule has 1 N–H and O–H groups in total. The summed E-state index contributed by atoms with van der Waals surface area (Å²) in [6.07, 6.45) is 2.34. The van der Waals surface area contributed by atoms with Crippen LogP contribution >= 0.6 is 0 Å². The first kappa shape index (κ1) is 19.5. The van der Waals surface area contributed by atoms with E-state index < -0.39 is 0 Å². The number of Topliss-reactive ketones (excluding diaryl/α,β-unsaturated/α-hetero) is 1. The maximum atomic E-state index is 13.2. The van der Waals surface area contributed by atoms with Gasteiger partial charge in [-0.15, -0.1) is 0 Å². The summed E-state index contributed by atoms with van der Waals surface area (Å²) in [4.78, 5) is 13.2. The Morgan fingerprint density at radius 1 is 0.903 bits per heavy atom. The molecule has 0 fully saturated rings. The number of carbonyl (C=O) groups is 1. The molecular weight excluding hydrogens is 390 g/mol. The number of nitrogens with one attached hydrogen (secondary N) is 1. The summed E-state index contributed by atoms with van der Waals surface area (Å²) in [6.45, 7) is 0. The SMILES string of the molecule is COc1cc([C@@H]2Nc3ccc4ccccc4c3C3=C2C(=O)CCC3)cc(OC)c1OC. The molecule has 2 aliphatic rings. The minimum Gasteiger partial charge on any atom is -0.493 e. The van der Waals surface area contributed by atoms with Crippen molar-refractivity contribution in [3.8, 4) is 17.2 Å². The van der Waals surface area contributed by atoms with Crippen molar-refractivity contribution in [3.63, 3.8) is 0 Å². The molecule has 1 aliphatic carbocycles. The van der Waals surface area contributed by atoms with E-state index in [4.69, 9.17) is 14.2 Å². The predicted octanol–water partition coefficient (Wildman–Crippen LogP) is 5.54. The summed E-state index contributed by atoms with van der Waals surface area (Å²) in [5.74, 6) is 1.90. The first-order valence-electron chi connectivity index (χ1n) is 10.5. The van der Waals surface area contributed by atoms with Gasteiger partial charge in [-0.05, 0) is 52.9 Å². The maximum absolute atomic E-state index is 13.2. The number of allylic oxidation sites excluding steroid dienone is 1. The predicted molar refractivity (Wildman–Crippen MR) is 122 cm³/mol. The Balaban J connectivity index is 1.75. The molecule has 31 heavy (non-hydrogen) atoms. The largest absolute Gasteiger partial charge is 0.493 e. The van der Waals surface area contributed by atoms with Crippen LogP contribution in [0.3, 0.4) is 0 Å². The lowest BCUT2D eigenvalue weighted by Crippen LogP contribution is -2.27. The van der Waals surface area contributed by atoms with Gasteiger partial charge in [-0.25, -0.2) is 0 Å². The van der Waals surface area contributed by atoms with Gasteiger partial charge in [0, 0.05) is 23.2 Å². The fraction of sp³-hybridized carbons (Fsp3) is 0.269. The van der Waals surface area contributed by atoms with Gasteiger partial charge in [0.05, 0.1) is 27.4 Å². The van der Waals surface area contributed by atoms with Crippen molar-refractivity contribution in [2.45, 2.75) is 25.3 Å². The van der Waals surface area contributed by atoms with Crippen molar-refractivity contribution in [1.82, 2.24) is 0 Å². The molecule has 0 saturated carbocycles. The molecule has 0 spiro atoms. The molecule has 158 valence electrons. The number of ketones is 1. The van der Waals surface area contributed by atoms with Gasteiger partial charge in [0.2, 0.25) is 5.75 Å². The summed E-state index contributed by atoms with van der Waals surface area (Å²) in [7, 11) is 4.80. The fourth-order valence-electron chi connectivity index (χ4n) is 4.92. The normalized spacial score (nSPS) is 17.6. The van der Waals surface area contributed by atoms with Crippen LogP contribution in [0.1, 0.15) is 36.4 Å². The van der Waals surface area contributed by atoms with E-state index >= 15 is 0 Å². The molecular formula is C26H25NO4. The molecule has 5 heteroatoms. The Hall–Kier alpha value is -3.47. The van der Waals surface area contributed by atoms with Gasteiger partial charge in [-0.2, -0.15) is 0 Å². The summed E-state index contributed by atoms with van der Waals surface area (Å²) in [5, 5.41) is 6.00. The maximum Gasteiger partial charge on any atom is 0.203 e. The van der Waals surface area contributed by atoms with E-state index in [1.165, 1.54) is 10.8 Å². The average molecular weight is 415 g/mol. The molecule has 0 bridgehead atoms. The van der Waals surface area contributed by atoms with Gasteiger partial charge in [0.15, 0.2) is 17.3 Å². The van der Waals surface area contributed by atoms with Gasteiger partial charge in [0.25, 0.3) is 0 Å².